The lowest BCUT2D eigenvalue weighted by Gasteiger charge is -2.22. The van der Waals surface area contributed by atoms with E-state index >= 15 is 0 Å². The van der Waals surface area contributed by atoms with Crippen molar-refractivity contribution in [2.75, 3.05) is 0 Å². The zero-order valence-corrected chi connectivity index (χ0v) is 10.2. The fraction of sp³-hybridized carbons (Fsp3) is 0.308. The number of hydrogen-bond donors (Lipinski definition) is 1. The summed E-state index contributed by atoms with van der Waals surface area (Å²) >= 11 is 0. The Hall–Kier alpha value is -1.75. The zero-order chi connectivity index (χ0) is 13.3. The van der Waals surface area contributed by atoms with Gasteiger partial charge in [0.15, 0.2) is 0 Å². The molecule has 1 N–H and O–H groups in total. The first-order valence-corrected chi connectivity index (χ1v) is 5.65. The van der Waals surface area contributed by atoms with Gasteiger partial charge in [0.2, 0.25) is 0 Å². The van der Waals surface area contributed by atoms with Crippen molar-refractivity contribution >= 4 is 0 Å². The number of aromatic nitrogens is 2. The predicted molar refractivity (Wildman–Crippen MR) is 62.9 cm³/mol. The molecule has 0 fully saturated rings. The normalized spacial score (nSPS) is 14.5. The fourth-order valence-corrected chi connectivity index (χ4v) is 1.79. The van der Waals surface area contributed by atoms with Crippen molar-refractivity contribution in [2.24, 2.45) is 0 Å². The lowest BCUT2D eigenvalue weighted by atomic mass is 9.90. The van der Waals surface area contributed by atoms with Crippen LogP contribution >= 0.6 is 0 Å². The van der Waals surface area contributed by atoms with Gasteiger partial charge in [-0.1, -0.05) is 0 Å². The van der Waals surface area contributed by atoms with Crippen molar-refractivity contribution < 1.29 is 13.9 Å². The highest BCUT2D eigenvalue weighted by Crippen LogP contribution is 2.29. The van der Waals surface area contributed by atoms with Gasteiger partial charge >= 0.3 is 0 Å². The summed E-state index contributed by atoms with van der Waals surface area (Å²) in [6.45, 7) is 4.05. The van der Waals surface area contributed by atoms with E-state index in [9.17, 15) is 13.9 Å². The van der Waals surface area contributed by atoms with Crippen LogP contribution in [0.1, 0.15) is 25.0 Å². The van der Waals surface area contributed by atoms with Gasteiger partial charge in [0.05, 0.1) is 6.20 Å². The number of halogens is 2. The molecule has 18 heavy (non-hydrogen) atoms. The van der Waals surface area contributed by atoms with E-state index < -0.39 is 17.2 Å². The quantitative estimate of drug-likeness (QED) is 0.911. The first-order valence-electron chi connectivity index (χ1n) is 5.65. The van der Waals surface area contributed by atoms with Crippen molar-refractivity contribution in [3.05, 3.63) is 53.4 Å². The number of nitrogens with zero attached hydrogens (tertiary/aromatic N) is 2. The molecule has 0 saturated carbocycles. The predicted octanol–water partition coefficient (Wildman–Crippen LogP) is 2.44. The monoisotopic (exact) mass is 252 g/mol. The lowest BCUT2D eigenvalue weighted by molar-refractivity contribution is 0.101. The van der Waals surface area contributed by atoms with E-state index in [2.05, 4.69) is 5.10 Å². The van der Waals surface area contributed by atoms with Crippen LogP contribution in [0, 0.1) is 11.6 Å². The summed E-state index contributed by atoms with van der Waals surface area (Å²) in [5.74, 6) is -1.43. The molecule has 3 nitrogen and oxygen atoms in total. The van der Waals surface area contributed by atoms with Gasteiger partial charge in [0, 0.05) is 24.4 Å². The van der Waals surface area contributed by atoms with Crippen LogP contribution < -0.4 is 0 Å². The zero-order valence-electron chi connectivity index (χ0n) is 10.2. The molecule has 96 valence electrons. The van der Waals surface area contributed by atoms with Gasteiger partial charge in [-0.15, -0.1) is 0 Å². The number of aryl methyl sites for hydroxylation is 1. The molecule has 2 aromatic rings. The highest BCUT2D eigenvalue weighted by atomic mass is 19.1. The maximum Gasteiger partial charge on any atom is 0.126 e. The molecular weight excluding hydrogens is 238 g/mol. The van der Waals surface area contributed by atoms with Gasteiger partial charge in [-0.25, -0.2) is 8.78 Å². The minimum atomic E-state index is -1.48. The van der Waals surface area contributed by atoms with E-state index in [0.29, 0.717) is 12.1 Å². The summed E-state index contributed by atoms with van der Waals surface area (Å²) in [5.41, 5.74) is -0.818. The van der Waals surface area contributed by atoms with Crippen LogP contribution in [-0.4, -0.2) is 14.9 Å². The third-order valence-corrected chi connectivity index (χ3v) is 2.94. The molecule has 0 spiro atoms. The van der Waals surface area contributed by atoms with Crippen LogP contribution in [-0.2, 0) is 12.1 Å². The first kappa shape index (κ1) is 12.7. The molecule has 2 rings (SSSR count). The van der Waals surface area contributed by atoms with Crippen molar-refractivity contribution in [1.82, 2.24) is 9.78 Å². The molecule has 0 aliphatic heterocycles. The maximum atomic E-state index is 13.2. The SMILES string of the molecule is CCn1cc(C(C)(O)c2cc(F)cc(F)c2)cn1. The second-order valence-corrected chi connectivity index (χ2v) is 4.32. The molecule has 0 bridgehead atoms. The molecule has 1 heterocycles. The number of rotatable bonds is 3. The highest BCUT2D eigenvalue weighted by Gasteiger charge is 2.28. The second-order valence-electron chi connectivity index (χ2n) is 4.32. The lowest BCUT2D eigenvalue weighted by Crippen LogP contribution is -2.22. The number of aliphatic hydroxyl groups is 1. The molecule has 1 unspecified atom stereocenters. The summed E-state index contributed by atoms with van der Waals surface area (Å²) in [6.07, 6.45) is 3.15. The molecule has 0 amide bonds. The maximum absolute atomic E-state index is 13.2. The van der Waals surface area contributed by atoms with Crippen molar-refractivity contribution in [3.63, 3.8) is 0 Å². The Labute approximate surface area is 104 Å². The van der Waals surface area contributed by atoms with Crippen molar-refractivity contribution in [3.8, 4) is 0 Å². The van der Waals surface area contributed by atoms with E-state index in [4.69, 9.17) is 0 Å². The average Bonchev–Trinajstić information content (AvgIpc) is 2.76. The Morgan fingerprint density at radius 3 is 2.33 bits per heavy atom. The summed E-state index contributed by atoms with van der Waals surface area (Å²) in [5, 5.41) is 14.5. The van der Waals surface area contributed by atoms with Crippen molar-refractivity contribution in [2.45, 2.75) is 26.0 Å². The smallest absolute Gasteiger partial charge is 0.126 e. The largest absolute Gasteiger partial charge is 0.381 e. The minimum absolute atomic E-state index is 0.163. The Morgan fingerprint density at radius 1 is 1.22 bits per heavy atom. The topological polar surface area (TPSA) is 38.0 Å². The molecule has 1 atom stereocenters. The Balaban J connectivity index is 2.46. The van der Waals surface area contributed by atoms with Crippen LogP contribution in [0.3, 0.4) is 0 Å². The Bertz CT molecular complexity index is 544. The summed E-state index contributed by atoms with van der Waals surface area (Å²) in [4.78, 5) is 0. The highest BCUT2D eigenvalue weighted by molar-refractivity contribution is 5.33. The standard InChI is InChI=1S/C13H14F2N2O/c1-3-17-8-10(7-16-17)13(2,18)9-4-11(14)6-12(15)5-9/h4-8,18H,3H2,1-2H3. The Morgan fingerprint density at radius 2 is 1.83 bits per heavy atom. The van der Waals surface area contributed by atoms with E-state index in [0.717, 1.165) is 18.2 Å². The number of benzene rings is 1. The van der Waals surface area contributed by atoms with Gasteiger partial charge in [-0.2, -0.15) is 5.10 Å². The summed E-state index contributed by atoms with van der Waals surface area (Å²) in [7, 11) is 0. The van der Waals surface area contributed by atoms with E-state index in [1.54, 1.807) is 10.9 Å². The van der Waals surface area contributed by atoms with Crippen LogP contribution in [0.25, 0.3) is 0 Å². The van der Waals surface area contributed by atoms with Gasteiger partial charge < -0.3 is 5.11 Å². The number of hydrogen-bond acceptors (Lipinski definition) is 2. The molecule has 1 aromatic heterocycles. The van der Waals surface area contributed by atoms with Gasteiger partial charge in [-0.05, 0) is 31.5 Å². The van der Waals surface area contributed by atoms with Gasteiger partial charge in [-0.3, -0.25) is 4.68 Å². The second kappa shape index (κ2) is 4.49. The minimum Gasteiger partial charge on any atom is -0.381 e. The van der Waals surface area contributed by atoms with Crippen LogP contribution in [0.4, 0.5) is 8.78 Å². The third-order valence-electron chi connectivity index (χ3n) is 2.94. The van der Waals surface area contributed by atoms with Crippen molar-refractivity contribution in [1.29, 1.82) is 0 Å². The van der Waals surface area contributed by atoms with Crippen LogP contribution in [0.5, 0.6) is 0 Å². The fourth-order valence-electron chi connectivity index (χ4n) is 1.79. The Kier molecular flexibility index (Phi) is 3.17. The first-order chi connectivity index (χ1) is 8.43. The molecule has 1 aromatic carbocycles. The summed E-state index contributed by atoms with van der Waals surface area (Å²) in [6, 6.07) is 3.01. The molecule has 5 heteroatoms. The summed E-state index contributed by atoms with van der Waals surface area (Å²) < 4.78 is 28.0. The van der Waals surface area contributed by atoms with E-state index in [1.165, 1.54) is 13.1 Å². The van der Waals surface area contributed by atoms with Crippen LogP contribution in [0.15, 0.2) is 30.6 Å². The molecule has 0 aliphatic carbocycles. The average molecular weight is 252 g/mol. The van der Waals surface area contributed by atoms with E-state index in [1.807, 2.05) is 6.92 Å². The molecule has 0 radical (unpaired) electrons. The molecular formula is C13H14F2N2O. The van der Waals surface area contributed by atoms with E-state index in [-0.39, 0.29) is 5.56 Å². The molecule has 0 saturated heterocycles. The van der Waals surface area contributed by atoms with Crippen LogP contribution in [0.2, 0.25) is 0 Å². The molecule has 0 aliphatic rings. The van der Waals surface area contributed by atoms with Gasteiger partial charge in [0.25, 0.3) is 0 Å². The third kappa shape index (κ3) is 2.26. The van der Waals surface area contributed by atoms with Gasteiger partial charge in [0.1, 0.15) is 17.2 Å².